The number of hydrogen-bond donors (Lipinski definition) is 0. The third-order valence-corrected chi connectivity index (χ3v) is 5.40. The number of fused-ring (bicyclic) bond motifs is 1. The third kappa shape index (κ3) is 3.51. The Labute approximate surface area is 162 Å². The van der Waals surface area contributed by atoms with Crippen LogP contribution in [0.5, 0.6) is 5.75 Å². The van der Waals surface area contributed by atoms with Crippen LogP contribution in [0, 0.1) is 12.7 Å². The average molecular weight is 391 g/mol. The first-order valence-electron chi connectivity index (χ1n) is 8.98. The Balaban J connectivity index is 1.66. The van der Waals surface area contributed by atoms with Gasteiger partial charge >= 0.3 is 0 Å². The van der Waals surface area contributed by atoms with Gasteiger partial charge in [0, 0.05) is 12.8 Å². The summed E-state index contributed by atoms with van der Waals surface area (Å²) in [7, 11) is 0. The van der Waals surface area contributed by atoms with Crippen molar-refractivity contribution in [3.63, 3.8) is 0 Å². The van der Waals surface area contributed by atoms with Crippen molar-refractivity contribution in [2.24, 2.45) is 0 Å². The number of benzene rings is 1. The molecule has 0 saturated carbocycles. The molecule has 142 valence electrons. The molecule has 5 nitrogen and oxygen atoms in total. The minimum Gasteiger partial charge on any atom is -0.469 e. The fraction of sp³-hybridized carbons (Fsp3) is 0.400. The Kier molecular flexibility index (Phi) is 5.02. The van der Waals surface area contributed by atoms with Crippen molar-refractivity contribution >= 4 is 17.5 Å². The van der Waals surface area contributed by atoms with Crippen LogP contribution in [0.25, 0.3) is 0 Å². The van der Waals surface area contributed by atoms with Crippen LogP contribution in [0.2, 0.25) is 5.15 Å². The fourth-order valence-corrected chi connectivity index (χ4v) is 3.69. The van der Waals surface area contributed by atoms with E-state index in [1.165, 1.54) is 0 Å². The topological polar surface area (TPSA) is 51.7 Å². The maximum atomic E-state index is 14.9. The molecule has 7 heteroatoms. The van der Waals surface area contributed by atoms with Crippen molar-refractivity contribution in [3.05, 3.63) is 57.6 Å². The lowest BCUT2D eigenvalue weighted by Crippen LogP contribution is -2.49. The standard InChI is InChI=1S/C20H20ClFN2O3/c1-12-14(7-13-4-5-17(21)23-9-13)8-16-19(18(12)22)27-11-24(20(16)25)15-3-2-6-26-10-15/h4-5,8-9,15H,2-3,6-7,10-11H2,1H3. The van der Waals surface area contributed by atoms with Crippen LogP contribution in [0.1, 0.15) is 39.9 Å². The van der Waals surface area contributed by atoms with E-state index in [9.17, 15) is 9.18 Å². The molecule has 1 aromatic heterocycles. The van der Waals surface area contributed by atoms with E-state index in [2.05, 4.69) is 4.98 Å². The summed E-state index contributed by atoms with van der Waals surface area (Å²) in [5, 5.41) is 0.404. The molecule has 1 amide bonds. The van der Waals surface area contributed by atoms with E-state index in [1.54, 1.807) is 30.2 Å². The second-order valence-corrected chi connectivity index (χ2v) is 7.32. The van der Waals surface area contributed by atoms with Crippen LogP contribution in [-0.2, 0) is 11.2 Å². The molecule has 0 aliphatic carbocycles. The minimum absolute atomic E-state index is 0.0346. The summed E-state index contributed by atoms with van der Waals surface area (Å²) in [5.74, 6) is -0.637. The zero-order valence-electron chi connectivity index (χ0n) is 15.0. The number of hydrogen-bond acceptors (Lipinski definition) is 4. The summed E-state index contributed by atoms with van der Waals surface area (Å²) in [5.41, 5.74) is 2.37. The van der Waals surface area contributed by atoms with Gasteiger partial charge in [0.25, 0.3) is 5.91 Å². The zero-order valence-corrected chi connectivity index (χ0v) is 15.8. The molecule has 27 heavy (non-hydrogen) atoms. The molecule has 2 aliphatic heterocycles. The highest BCUT2D eigenvalue weighted by Gasteiger charge is 2.35. The van der Waals surface area contributed by atoms with Crippen LogP contribution in [0.3, 0.4) is 0 Å². The Morgan fingerprint density at radius 3 is 2.96 bits per heavy atom. The summed E-state index contributed by atoms with van der Waals surface area (Å²) >= 11 is 5.83. The smallest absolute Gasteiger partial charge is 0.260 e. The largest absolute Gasteiger partial charge is 0.469 e. The average Bonchev–Trinajstić information content (AvgIpc) is 2.69. The maximum absolute atomic E-state index is 14.9. The summed E-state index contributed by atoms with van der Waals surface area (Å²) < 4.78 is 26.0. The van der Waals surface area contributed by atoms with Gasteiger partial charge in [-0.15, -0.1) is 0 Å². The SMILES string of the molecule is Cc1c(Cc2ccc(Cl)nc2)cc2c(c1F)OCN(C1CCCOC1)C2=O. The molecule has 1 aromatic carbocycles. The second kappa shape index (κ2) is 7.44. The van der Waals surface area contributed by atoms with E-state index in [-0.39, 0.29) is 30.0 Å². The predicted octanol–water partition coefficient (Wildman–Crippen LogP) is 3.74. The fourth-order valence-electron chi connectivity index (χ4n) is 3.58. The van der Waals surface area contributed by atoms with Crippen LogP contribution in [-0.4, -0.2) is 41.8 Å². The van der Waals surface area contributed by atoms with E-state index >= 15 is 0 Å². The molecule has 4 rings (SSSR count). The second-order valence-electron chi connectivity index (χ2n) is 6.94. The Hall–Kier alpha value is -2.18. The van der Waals surface area contributed by atoms with E-state index in [4.69, 9.17) is 21.1 Å². The number of carbonyl (C=O) groups excluding carboxylic acids is 1. The molecule has 2 aromatic rings. The molecule has 1 atom stereocenters. The van der Waals surface area contributed by atoms with Crippen LogP contribution in [0.4, 0.5) is 4.39 Å². The van der Waals surface area contributed by atoms with Crippen molar-refractivity contribution < 1.29 is 18.7 Å². The Morgan fingerprint density at radius 2 is 2.26 bits per heavy atom. The third-order valence-electron chi connectivity index (χ3n) is 5.17. The van der Waals surface area contributed by atoms with Gasteiger partial charge in [-0.05, 0) is 55.0 Å². The van der Waals surface area contributed by atoms with Crippen molar-refractivity contribution in [2.75, 3.05) is 19.9 Å². The van der Waals surface area contributed by atoms with E-state index in [0.717, 1.165) is 24.0 Å². The molecule has 1 fully saturated rings. The summed E-state index contributed by atoms with van der Waals surface area (Å²) in [6, 6.07) is 5.24. The summed E-state index contributed by atoms with van der Waals surface area (Å²) in [6.07, 6.45) is 3.88. The zero-order chi connectivity index (χ0) is 19.0. The number of aromatic nitrogens is 1. The van der Waals surface area contributed by atoms with Crippen LogP contribution < -0.4 is 4.74 Å². The molecule has 2 aliphatic rings. The summed E-state index contributed by atoms with van der Waals surface area (Å²) in [4.78, 5) is 18.7. The normalized spacial score (nSPS) is 19.6. The van der Waals surface area contributed by atoms with Crippen molar-refractivity contribution in [3.8, 4) is 5.75 Å². The number of amides is 1. The van der Waals surface area contributed by atoms with Gasteiger partial charge in [0.1, 0.15) is 5.15 Å². The van der Waals surface area contributed by atoms with Gasteiger partial charge in [0.15, 0.2) is 18.3 Å². The van der Waals surface area contributed by atoms with Gasteiger partial charge < -0.3 is 9.47 Å². The molecular formula is C20H20ClFN2O3. The first kappa shape index (κ1) is 18.2. The molecule has 0 N–H and O–H groups in total. The Bertz CT molecular complexity index is 867. The highest BCUT2D eigenvalue weighted by molar-refractivity contribution is 6.29. The molecule has 1 unspecified atom stereocenters. The number of halogens is 2. The first-order valence-corrected chi connectivity index (χ1v) is 9.36. The quantitative estimate of drug-likeness (QED) is 0.749. The van der Waals surface area contributed by atoms with Crippen molar-refractivity contribution in [1.29, 1.82) is 0 Å². The highest BCUT2D eigenvalue weighted by Crippen LogP contribution is 2.34. The van der Waals surface area contributed by atoms with E-state index < -0.39 is 5.82 Å². The van der Waals surface area contributed by atoms with Gasteiger partial charge in [-0.25, -0.2) is 9.37 Å². The van der Waals surface area contributed by atoms with Crippen molar-refractivity contribution in [2.45, 2.75) is 32.2 Å². The highest BCUT2D eigenvalue weighted by atomic mass is 35.5. The van der Waals surface area contributed by atoms with Crippen LogP contribution >= 0.6 is 11.6 Å². The molecule has 0 radical (unpaired) electrons. The Morgan fingerprint density at radius 1 is 1.41 bits per heavy atom. The van der Waals surface area contributed by atoms with Gasteiger partial charge in [-0.1, -0.05) is 17.7 Å². The van der Waals surface area contributed by atoms with Crippen molar-refractivity contribution in [1.82, 2.24) is 9.88 Å². The minimum atomic E-state index is -0.475. The molecular weight excluding hydrogens is 371 g/mol. The number of ether oxygens (including phenoxy) is 2. The lowest BCUT2D eigenvalue weighted by atomic mass is 9.96. The number of carbonyl (C=O) groups is 1. The molecule has 1 saturated heterocycles. The van der Waals surface area contributed by atoms with E-state index in [0.29, 0.717) is 30.4 Å². The summed E-state index contributed by atoms with van der Waals surface area (Å²) in [6.45, 7) is 2.95. The monoisotopic (exact) mass is 390 g/mol. The first-order chi connectivity index (χ1) is 13.0. The number of nitrogens with zero attached hydrogens (tertiary/aromatic N) is 2. The van der Waals surface area contributed by atoms with E-state index in [1.807, 2.05) is 6.07 Å². The van der Waals surface area contributed by atoms with Gasteiger partial charge in [0.05, 0.1) is 18.2 Å². The van der Waals surface area contributed by atoms with Crippen LogP contribution in [0.15, 0.2) is 24.4 Å². The lowest BCUT2D eigenvalue weighted by molar-refractivity contribution is -0.0108. The molecule has 3 heterocycles. The van der Waals surface area contributed by atoms with Gasteiger partial charge in [-0.3, -0.25) is 9.69 Å². The number of rotatable bonds is 3. The van der Waals surface area contributed by atoms with Gasteiger partial charge in [0.2, 0.25) is 0 Å². The predicted molar refractivity (Wildman–Crippen MR) is 98.7 cm³/mol. The maximum Gasteiger partial charge on any atom is 0.260 e. The van der Waals surface area contributed by atoms with Gasteiger partial charge in [-0.2, -0.15) is 0 Å². The molecule has 0 spiro atoms. The lowest BCUT2D eigenvalue weighted by Gasteiger charge is -2.37. The number of pyridine rings is 1. The molecule has 0 bridgehead atoms.